The number of ketones is 1. The van der Waals surface area contributed by atoms with Crippen molar-refractivity contribution in [3.05, 3.63) is 29.3 Å². The molecule has 1 saturated carbocycles. The first kappa shape index (κ1) is 17.7. The molecule has 0 aromatic heterocycles. The second-order valence-corrected chi connectivity index (χ2v) is 8.39. The Morgan fingerprint density at radius 3 is 2.89 bits per heavy atom. The molecule has 7 nitrogen and oxygen atoms in total. The highest BCUT2D eigenvalue weighted by atomic mass is 16.2. The molecule has 0 spiro atoms. The second-order valence-electron chi connectivity index (χ2n) is 8.39. The van der Waals surface area contributed by atoms with Gasteiger partial charge < -0.3 is 10.6 Å². The molecule has 5 rings (SSSR count). The van der Waals surface area contributed by atoms with Crippen molar-refractivity contribution in [3.63, 3.8) is 0 Å². The summed E-state index contributed by atoms with van der Waals surface area (Å²) >= 11 is 0. The van der Waals surface area contributed by atoms with Crippen LogP contribution >= 0.6 is 0 Å². The standard InChI is InChI=1S/C21H25N5O2/c22-9-7-16(12-1-2-12)26-17-8-10-23-21(28)19(17)20(25-26)24-14-4-5-15-13(11-14)3-6-18(15)27/h4-5,11-12,16-17,19-20,24-25H,1-3,6-8,10H2,(H,23,28)/t16-,17?,19?,20?/m0/s1. The van der Waals surface area contributed by atoms with E-state index in [0.29, 0.717) is 25.3 Å². The van der Waals surface area contributed by atoms with Gasteiger partial charge in [0.1, 0.15) is 6.17 Å². The van der Waals surface area contributed by atoms with Gasteiger partial charge in [0.15, 0.2) is 5.78 Å². The molecular formula is C21H25N5O2. The summed E-state index contributed by atoms with van der Waals surface area (Å²) in [5.74, 6) is 0.611. The van der Waals surface area contributed by atoms with Gasteiger partial charge in [-0.25, -0.2) is 10.4 Å². The van der Waals surface area contributed by atoms with Gasteiger partial charge in [-0.1, -0.05) is 0 Å². The van der Waals surface area contributed by atoms with Crippen LogP contribution in [-0.4, -0.2) is 41.5 Å². The lowest BCUT2D eigenvalue weighted by Gasteiger charge is -2.34. The fourth-order valence-corrected chi connectivity index (χ4v) is 5.09. The molecule has 7 heteroatoms. The molecule has 2 heterocycles. The predicted molar refractivity (Wildman–Crippen MR) is 103 cm³/mol. The van der Waals surface area contributed by atoms with Gasteiger partial charge in [0, 0.05) is 36.3 Å². The van der Waals surface area contributed by atoms with Crippen molar-refractivity contribution in [1.29, 1.82) is 5.26 Å². The first-order valence-electron chi connectivity index (χ1n) is 10.3. The van der Waals surface area contributed by atoms with Crippen LogP contribution in [0.3, 0.4) is 0 Å². The maximum atomic E-state index is 12.7. The Kier molecular flexibility index (Phi) is 4.33. The Labute approximate surface area is 164 Å². The number of Topliss-reactive ketones (excluding diaryl/α,β-unsaturated/α-hetero) is 1. The molecule has 4 atom stereocenters. The van der Waals surface area contributed by atoms with Gasteiger partial charge in [-0.2, -0.15) is 5.26 Å². The lowest BCUT2D eigenvalue weighted by atomic mass is 9.90. The number of benzene rings is 1. The zero-order chi connectivity index (χ0) is 19.3. The van der Waals surface area contributed by atoms with Crippen LogP contribution in [0.25, 0.3) is 0 Å². The molecule has 3 unspecified atom stereocenters. The summed E-state index contributed by atoms with van der Waals surface area (Å²) in [6.07, 6.45) is 4.83. The van der Waals surface area contributed by atoms with Gasteiger partial charge >= 0.3 is 0 Å². The Morgan fingerprint density at radius 2 is 2.11 bits per heavy atom. The number of anilines is 1. The van der Waals surface area contributed by atoms with Gasteiger partial charge in [-0.3, -0.25) is 9.59 Å². The molecule has 2 aliphatic heterocycles. The average Bonchev–Trinajstić information content (AvgIpc) is 3.38. The quantitative estimate of drug-likeness (QED) is 0.719. The van der Waals surface area contributed by atoms with Crippen LogP contribution in [0.4, 0.5) is 5.69 Å². The lowest BCUT2D eigenvalue weighted by Crippen LogP contribution is -2.52. The van der Waals surface area contributed by atoms with Crippen LogP contribution in [-0.2, 0) is 11.2 Å². The van der Waals surface area contributed by atoms with E-state index in [-0.39, 0.29) is 35.9 Å². The average molecular weight is 379 g/mol. The fourth-order valence-electron chi connectivity index (χ4n) is 5.09. The lowest BCUT2D eigenvalue weighted by molar-refractivity contribution is -0.128. The minimum atomic E-state index is -0.222. The summed E-state index contributed by atoms with van der Waals surface area (Å²) in [7, 11) is 0. The van der Waals surface area contributed by atoms with E-state index in [2.05, 4.69) is 27.1 Å². The van der Waals surface area contributed by atoms with E-state index in [1.165, 1.54) is 0 Å². The van der Waals surface area contributed by atoms with E-state index in [1.54, 1.807) is 0 Å². The van der Waals surface area contributed by atoms with Crippen molar-refractivity contribution in [2.75, 3.05) is 11.9 Å². The second kappa shape index (κ2) is 6.87. The van der Waals surface area contributed by atoms with Crippen LogP contribution in [0, 0.1) is 23.2 Å². The molecule has 1 aromatic rings. The molecular weight excluding hydrogens is 354 g/mol. The van der Waals surface area contributed by atoms with E-state index >= 15 is 0 Å². The van der Waals surface area contributed by atoms with E-state index in [4.69, 9.17) is 0 Å². The maximum Gasteiger partial charge on any atom is 0.228 e. The molecule has 1 aromatic carbocycles. The summed E-state index contributed by atoms with van der Waals surface area (Å²) in [6.45, 7) is 0.676. The number of rotatable bonds is 5. The predicted octanol–water partition coefficient (Wildman–Crippen LogP) is 1.57. The summed E-state index contributed by atoms with van der Waals surface area (Å²) in [4.78, 5) is 24.6. The van der Waals surface area contributed by atoms with Crippen molar-refractivity contribution in [3.8, 4) is 6.07 Å². The van der Waals surface area contributed by atoms with E-state index in [0.717, 1.165) is 42.5 Å². The third-order valence-corrected chi connectivity index (χ3v) is 6.63. The van der Waals surface area contributed by atoms with Gasteiger partial charge in [-0.05, 0) is 55.4 Å². The molecule has 0 bridgehead atoms. The molecule has 0 radical (unpaired) electrons. The topological polar surface area (TPSA) is 97.3 Å². The number of carbonyl (C=O) groups is 2. The van der Waals surface area contributed by atoms with Crippen molar-refractivity contribution < 1.29 is 9.59 Å². The number of hydrogen-bond donors (Lipinski definition) is 3. The maximum absolute atomic E-state index is 12.7. The number of nitrogens with zero attached hydrogens (tertiary/aromatic N) is 2. The van der Waals surface area contributed by atoms with Gasteiger partial charge in [-0.15, -0.1) is 0 Å². The van der Waals surface area contributed by atoms with E-state index < -0.39 is 0 Å². The Hall–Kier alpha value is -2.43. The number of hydrogen-bond acceptors (Lipinski definition) is 6. The van der Waals surface area contributed by atoms with Crippen LogP contribution in [0.5, 0.6) is 0 Å². The molecule has 2 saturated heterocycles. The summed E-state index contributed by atoms with van der Waals surface area (Å²) < 4.78 is 0. The number of aryl methyl sites for hydroxylation is 1. The SMILES string of the molecule is N#CC[C@@H](C1CC1)N1NC(Nc2ccc3c(c2)CCC3=O)C2C(=O)NCCC21. The minimum absolute atomic E-state index is 0.0617. The molecule has 1 amide bonds. The number of carbonyl (C=O) groups excluding carboxylic acids is 2. The molecule has 146 valence electrons. The first-order chi connectivity index (χ1) is 13.7. The number of nitriles is 1. The Balaban J connectivity index is 1.40. The van der Waals surface area contributed by atoms with Crippen LogP contribution in [0.1, 0.15) is 48.0 Å². The van der Waals surface area contributed by atoms with Crippen molar-refractivity contribution in [2.45, 2.75) is 56.8 Å². The van der Waals surface area contributed by atoms with Gasteiger partial charge in [0.25, 0.3) is 0 Å². The smallest absolute Gasteiger partial charge is 0.228 e. The van der Waals surface area contributed by atoms with Crippen LogP contribution < -0.4 is 16.1 Å². The Bertz CT molecular complexity index is 859. The monoisotopic (exact) mass is 379 g/mol. The third kappa shape index (κ3) is 2.97. The molecule has 3 N–H and O–H groups in total. The summed E-state index contributed by atoms with van der Waals surface area (Å²) in [6, 6.07) is 8.45. The normalized spacial score (nSPS) is 30.3. The summed E-state index contributed by atoms with van der Waals surface area (Å²) in [5.41, 5.74) is 6.36. The number of nitrogens with one attached hydrogen (secondary N) is 3. The number of amides is 1. The number of fused-ring (bicyclic) bond motifs is 2. The van der Waals surface area contributed by atoms with Crippen molar-refractivity contribution >= 4 is 17.4 Å². The van der Waals surface area contributed by atoms with Gasteiger partial charge in [0.05, 0.1) is 18.4 Å². The van der Waals surface area contributed by atoms with Gasteiger partial charge in [0.2, 0.25) is 5.91 Å². The highest BCUT2D eigenvalue weighted by Gasteiger charge is 2.51. The zero-order valence-electron chi connectivity index (χ0n) is 15.8. The summed E-state index contributed by atoms with van der Waals surface area (Å²) in [5, 5.41) is 18.0. The fraction of sp³-hybridized carbons (Fsp3) is 0.571. The third-order valence-electron chi connectivity index (χ3n) is 6.63. The largest absolute Gasteiger partial charge is 0.368 e. The van der Waals surface area contributed by atoms with E-state index in [9.17, 15) is 14.9 Å². The molecule has 2 aliphatic carbocycles. The molecule has 3 fully saturated rings. The molecule has 28 heavy (non-hydrogen) atoms. The van der Waals surface area contributed by atoms with E-state index in [1.807, 2.05) is 18.2 Å². The Morgan fingerprint density at radius 1 is 1.25 bits per heavy atom. The highest BCUT2D eigenvalue weighted by Crippen LogP contribution is 2.41. The number of piperidine rings is 1. The molecule has 4 aliphatic rings. The van der Waals surface area contributed by atoms with Crippen molar-refractivity contribution in [2.24, 2.45) is 11.8 Å². The minimum Gasteiger partial charge on any atom is -0.368 e. The highest BCUT2D eigenvalue weighted by molar-refractivity contribution is 6.00. The van der Waals surface area contributed by atoms with Crippen LogP contribution in [0.15, 0.2) is 18.2 Å². The number of hydrazine groups is 1. The van der Waals surface area contributed by atoms with Crippen molar-refractivity contribution in [1.82, 2.24) is 15.8 Å². The van der Waals surface area contributed by atoms with Crippen LogP contribution in [0.2, 0.25) is 0 Å². The first-order valence-corrected chi connectivity index (χ1v) is 10.3. The zero-order valence-corrected chi connectivity index (χ0v) is 15.8.